The normalized spacial score (nSPS) is 20.7. The Bertz CT molecular complexity index is 76.1. The SMILES string of the molecule is C[C]=NOC1CC1. The Kier molecular flexibility index (Phi) is 1.29. The molecule has 0 saturated heterocycles. The van der Waals surface area contributed by atoms with Gasteiger partial charge in [0.15, 0.2) is 0 Å². The fourth-order valence-corrected chi connectivity index (χ4v) is 0.301. The summed E-state index contributed by atoms with van der Waals surface area (Å²) >= 11 is 0. The van der Waals surface area contributed by atoms with E-state index in [2.05, 4.69) is 11.4 Å². The van der Waals surface area contributed by atoms with Gasteiger partial charge in [0.05, 0.1) is 0 Å². The lowest BCUT2D eigenvalue weighted by Gasteiger charge is -1.87. The highest BCUT2D eigenvalue weighted by atomic mass is 16.6. The van der Waals surface area contributed by atoms with Gasteiger partial charge in [-0.1, -0.05) is 5.16 Å². The van der Waals surface area contributed by atoms with Gasteiger partial charge in [-0.25, -0.2) is 0 Å². The van der Waals surface area contributed by atoms with Gasteiger partial charge in [-0.2, -0.15) is 0 Å². The first-order valence-electron chi connectivity index (χ1n) is 2.46. The fraction of sp³-hybridized carbons (Fsp3) is 0.800. The van der Waals surface area contributed by atoms with Crippen molar-refractivity contribution in [2.45, 2.75) is 25.9 Å². The van der Waals surface area contributed by atoms with Crippen molar-refractivity contribution >= 4 is 6.21 Å². The van der Waals surface area contributed by atoms with E-state index in [0.717, 1.165) is 0 Å². The van der Waals surface area contributed by atoms with Crippen LogP contribution in [-0.2, 0) is 4.84 Å². The molecule has 1 saturated carbocycles. The zero-order chi connectivity index (χ0) is 5.11. The third-order valence-electron chi connectivity index (χ3n) is 0.817. The molecule has 0 aromatic rings. The molecule has 7 heavy (non-hydrogen) atoms. The summed E-state index contributed by atoms with van der Waals surface area (Å²) in [6, 6.07) is 0. The molecule has 0 amide bonds. The van der Waals surface area contributed by atoms with Gasteiger partial charge in [0, 0.05) is 0 Å². The Morgan fingerprint density at radius 3 is 2.86 bits per heavy atom. The summed E-state index contributed by atoms with van der Waals surface area (Å²) in [4.78, 5) is 4.82. The van der Waals surface area contributed by atoms with E-state index in [-0.39, 0.29) is 0 Å². The lowest BCUT2D eigenvalue weighted by atomic mass is 10.9. The minimum atomic E-state index is 0.424. The Morgan fingerprint density at radius 1 is 1.71 bits per heavy atom. The number of rotatable bonds is 2. The van der Waals surface area contributed by atoms with Crippen LogP contribution in [0.25, 0.3) is 0 Å². The second-order valence-corrected chi connectivity index (χ2v) is 1.62. The summed E-state index contributed by atoms with van der Waals surface area (Å²) in [5.74, 6) is 0. The molecule has 0 spiro atoms. The molecule has 2 heteroatoms. The van der Waals surface area contributed by atoms with E-state index < -0.39 is 0 Å². The van der Waals surface area contributed by atoms with Crippen LogP contribution in [0.4, 0.5) is 0 Å². The molecule has 0 unspecified atom stereocenters. The molecule has 0 bridgehead atoms. The average Bonchev–Trinajstić information content (AvgIpc) is 2.42. The smallest absolute Gasteiger partial charge is 0.127 e. The molecule has 1 rings (SSSR count). The molecule has 0 aromatic heterocycles. The Labute approximate surface area is 43.2 Å². The third-order valence-corrected chi connectivity index (χ3v) is 0.817. The summed E-state index contributed by atoms with van der Waals surface area (Å²) in [5, 5.41) is 3.48. The third kappa shape index (κ3) is 1.57. The van der Waals surface area contributed by atoms with Crippen molar-refractivity contribution in [2.24, 2.45) is 5.16 Å². The van der Waals surface area contributed by atoms with Crippen LogP contribution in [0, 0.1) is 0 Å². The first kappa shape index (κ1) is 4.62. The average molecular weight is 98.1 g/mol. The molecule has 1 fully saturated rings. The minimum Gasteiger partial charge on any atom is -0.392 e. The summed E-state index contributed by atoms with van der Waals surface area (Å²) < 4.78 is 0. The largest absolute Gasteiger partial charge is 0.392 e. The maximum absolute atomic E-state index is 4.82. The second kappa shape index (κ2) is 1.96. The van der Waals surface area contributed by atoms with Gasteiger partial charge in [0.2, 0.25) is 0 Å². The maximum Gasteiger partial charge on any atom is 0.127 e. The Balaban J connectivity index is 1.98. The number of hydrogen-bond acceptors (Lipinski definition) is 2. The standard InChI is InChI=1S/C5H8NO/c1-2-6-7-5-3-4-5/h5H,3-4H2,1H3. The van der Waals surface area contributed by atoms with Gasteiger partial charge < -0.3 is 4.84 Å². The molecule has 0 atom stereocenters. The van der Waals surface area contributed by atoms with Crippen molar-refractivity contribution < 1.29 is 4.84 Å². The topological polar surface area (TPSA) is 21.6 Å². The molecule has 0 N–H and O–H groups in total. The molecule has 1 radical (unpaired) electrons. The Hall–Kier alpha value is -0.530. The van der Waals surface area contributed by atoms with Gasteiger partial charge in [0.25, 0.3) is 0 Å². The summed E-state index contributed by atoms with van der Waals surface area (Å²) in [5.41, 5.74) is 0. The lowest BCUT2D eigenvalue weighted by molar-refractivity contribution is 0.130. The van der Waals surface area contributed by atoms with E-state index in [9.17, 15) is 0 Å². The first-order valence-corrected chi connectivity index (χ1v) is 2.46. The zero-order valence-corrected chi connectivity index (χ0v) is 4.35. The van der Waals surface area contributed by atoms with Crippen LogP contribution in [0.1, 0.15) is 19.8 Å². The van der Waals surface area contributed by atoms with Crippen molar-refractivity contribution in [3.05, 3.63) is 0 Å². The predicted octanol–water partition coefficient (Wildman–Crippen LogP) is 1.05. The van der Waals surface area contributed by atoms with Crippen LogP contribution < -0.4 is 0 Å². The van der Waals surface area contributed by atoms with Crippen LogP contribution in [-0.4, -0.2) is 12.3 Å². The van der Waals surface area contributed by atoms with Gasteiger partial charge in [-0.15, -0.1) is 0 Å². The predicted molar refractivity (Wildman–Crippen MR) is 27.2 cm³/mol. The van der Waals surface area contributed by atoms with Crippen LogP contribution in [0.5, 0.6) is 0 Å². The van der Waals surface area contributed by atoms with Crippen LogP contribution in [0.15, 0.2) is 5.16 Å². The molecule has 0 heterocycles. The van der Waals surface area contributed by atoms with Crippen molar-refractivity contribution in [1.82, 2.24) is 0 Å². The molecule has 0 aromatic carbocycles. The van der Waals surface area contributed by atoms with E-state index >= 15 is 0 Å². The molecule has 39 valence electrons. The summed E-state index contributed by atoms with van der Waals surface area (Å²) in [7, 11) is 0. The molecule has 2 nitrogen and oxygen atoms in total. The van der Waals surface area contributed by atoms with Crippen molar-refractivity contribution in [1.29, 1.82) is 0 Å². The van der Waals surface area contributed by atoms with Gasteiger partial charge >= 0.3 is 0 Å². The quantitative estimate of drug-likeness (QED) is 0.373. The number of nitrogens with zero attached hydrogens (tertiary/aromatic N) is 1. The zero-order valence-electron chi connectivity index (χ0n) is 4.35. The van der Waals surface area contributed by atoms with Crippen LogP contribution >= 0.6 is 0 Å². The molecular formula is C5H8NO. The van der Waals surface area contributed by atoms with E-state index in [1.165, 1.54) is 12.8 Å². The van der Waals surface area contributed by atoms with Crippen molar-refractivity contribution in [3.63, 3.8) is 0 Å². The van der Waals surface area contributed by atoms with Gasteiger partial charge in [0.1, 0.15) is 12.3 Å². The second-order valence-electron chi connectivity index (χ2n) is 1.62. The van der Waals surface area contributed by atoms with E-state index in [1.54, 1.807) is 6.92 Å². The molecular weight excluding hydrogens is 90.1 g/mol. The monoisotopic (exact) mass is 98.1 g/mol. The lowest BCUT2D eigenvalue weighted by Crippen LogP contribution is -1.81. The van der Waals surface area contributed by atoms with E-state index in [1.807, 2.05) is 0 Å². The highest BCUT2D eigenvalue weighted by molar-refractivity contribution is 5.52. The summed E-state index contributed by atoms with van der Waals surface area (Å²) in [6.45, 7) is 1.72. The van der Waals surface area contributed by atoms with E-state index in [4.69, 9.17) is 4.84 Å². The maximum atomic E-state index is 4.82. The molecule has 0 aliphatic heterocycles. The van der Waals surface area contributed by atoms with Crippen molar-refractivity contribution in [3.8, 4) is 0 Å². The number of hydrogen-bond donors (Lipinski definition) is 0. The molecule has 1 aliphatic carbocycles. The summed E-state index contributed by atoms with van der Waals surface area (Å²) in [6.07, 6.45) is 5.31. The van der Waals surface area contributed by atoms with Crippen LogP contribution in [0.3, 0.4) is 0 Å². The minimum absolute atomic E-state index is 0.424. The van der Waals surface area contributed by atoms with Crippen molar-refractivity contribution in [2.75, 3.05) is 0 Å². The highest BCUT2D eigenvalue weighted by Gasteiger charge is 2.22. The highest BCUT2D eigenvalue weighted by Crippen LogP contribution is 2.23. The van der Waals surface area contributed by atoms with Crippen LogP contribution in [0.2, 0.25) is 0 Å². The fourth-order valence-electron chi connectivity index (χ4n) is 0.301. The Morgan fingerprint density at radius 2 is 2.43 bits per heavy atom. The van der Waals surface area contributed by atoms with E-state index in [0.29, 0.717) is 6.10 Å². The van der Waals surface area contributed by atoms with Gasteiger partial charge in [-0.05, 0) is 19.8 Å². The molecule has 1 aliphatic rings. The first-order chi connectivity index (χ1) is 3.43. The van der Waals surface area contributed by atoms with Gasteiger partial charge in [-0.3, -0.25) is 0 Å².